The fraction of sp³-hybridized carbons (Fsp3) is 0.556. The van der Waals surface area contributed by atoms with Crippen LogP contribution < -0.4 is 10.9 Å². The van der Waals surface area contributed by atoms with E-state index in [1.54, 1.807) is 22.1 Å². The molecule has 2 unspecified atom stereocenters. The summed E-state index contributed by atoms with van der Waals surface area (Å²) >= 11 is 1.76. The minimum Gasteiger partial charge on any atom is -0.377 e. The highest BCUT2D eigenvalue weighted by atomic mass is 32.1. The zero-order valence-corrected chi connectivity index (χ0v) is 14.8. The lowest BCUT2D eigenvalue weighted by Crippen LogP contribution is -2.41. The predicted molar refractivity (Wildman–Crippen MR) is 94.7 cm³/mol. The molecule has 128 valence electrons. The molecule has 4 rings (SSSR count). The van der Waals surface area contributed by atoms with Crippen LogP contribution in [0.1, 0.15) is 40.6 Å². The maximum Gasteiger partial charge on any atom is 0.267 e. The second-order valence-corrected chi connectivity index (χ2v) is 7.73. The predicted octanol–water partition coefficient (Wildman–Crippen LogP) is 2.22. The molecule has 1 aliphatic heterocycles. The van der Waals surface area contributed by atoms with E-state index in [4.69, 9.17) is 9.84 Å². The van der Waals surface area contributed by atoms with Gasteiger partial charge in [0, 0.05) is 17.5 Å². The van der Waals surface area contributed by atoms with Gasteiger partial charge < -0.3 is 10.1 Å². The Hall–Kier alpha value is -1.50. The fourth-order valence-corrected chi connectivity index (χ4v) is 4.46. The van der Waals surface area contributed by atoms with E-state index < -0.39 is 0 Å². The van der Waals surface area contributed by atoms with Crippen LogP contribution in [0, 0.1) is 6.92 Å². The van der Waals surface area contributed by atoms with Crippen LogP contribution in [0.3, 0.4) is 0 Å². The summed E-state index contributed by atoms with van der Waals surface area (Å²) in [5.74, 6) is 0. The van der Waals surface area contributed by atoms with Gasteiger partial charge in [-0.1, -0.05) is 0 Å². The number of thiophene rings is 1. The average Bonchev–Trinajstić information content (AvgIpc) is 3.21. The molecule has 5 nitrogen and oxygen atoms in total. The number of rotatable bonds is 4. The van der Waals surface area contributed by atoms with Crippen molar-refractivity contribution in [1.29, 1.82) is 0 Å². The highest BCUT2D eigenvalue weighted by Gasteiger charge is 2.31. The second kappa shape index (κ2) is 6.78. The van der Waals surface area contributed by atoms with Gasteiger partial charge in [0.1, 0.15) is 0 Å². The molecule has 2 aromatic heterocycles. The highest BCUT2D eigenvalue weighted by molar-refractivity contribution is 7.10. The zero-order chi connectivity index (χ0) is 16.5. The average molecular weight is 345 g/mol. The van der Waals surface area contributed by atoms with Crippen molar-refractivity contribution in [2.75, 3.05) is 13.2 Å². The summed E-state index contributed by atoms with van der Waals surface area (Å²) in [5.41, 5.74) is 3.55. The molecule has 6 heteroatoms. The summed E-state index contributed by atoms with van der Waals surface area (Å²) in [6, 6.07) is 4.03. The number of hydrogen-bond donors (Lipinski definition) is 1. The van der Waals surface area contributed by atoms with Crippen molar-refractivity contribution < 1.29 is 4.74 Å². The van der Waals surface area contributed by atoms with Crippen LogP contribution in [0.2, 0.25) is 0 Å². The van der Waals surface area contributed by atoms with Gasteiger partial charge >= 0.3 is 0 Å². The molecule has 0 bridgehead atoms. The van der Waals surface area contributed by atoms with Crippen molar-refractivity contribution in [2.45, 2.75) is 51.2 Å². The van der Waals surface area contributed by atoms with Crippen LogP contribution in [0.5, 0.6) is 0 Å². The molecule has 0 saturated carbocycles. The molecule has 2 aliphatic rings. The first-order chi connectivity index (χ1) is 11.7. The Bertz CT molecular complexity index is 783. The lowest BCUT2D eigenvalue weighted by atomic mass is 9.97. The Morgan fingerprint density at radius 2 is 2.25 bits per heavy atom. The Kier molecular flexibility index (Phi) is 4.52. The van der Waals surface area contributed by atoms with Gasteiger partial charge in [-0.3, -0.25) is 4.79 Å². The molecular formula is C18H23N3O2S. The minimum atomic E-state index is -0.0232. The molecule has 1 fully saturated rings. The Morgan fingerprint density at radius 3 is 3.08 bits per heavy atom. The van der Waals surface area contributed by atoms with Crippen molar-refractivity contribution in [3.8, 4) is 0 Å². The van der Waals surface area contributed by atoms with E-state index in [1.165, 1.54) is 16.9 Å². The molecule has 0 amide bonds. The van der Waals surface area contributed by atoms with E-state index in [9.17, 15) is 4.79 Å². The number of nitrogens with zero attached hydrogens (tertiary/aromatic N) is 2. The molecule has 0 radical (unpaired) electrons. The number of hydrogen-bond acceptors (Lipinski definition) is 5. The molecule has 2 aromatic rings. The van der Waals surface area contributed by atoms with Gasteiger partial charge in [-0.2, -0.15) is 5.10 Å². The van der Waals surface area contributed by atoms with Crippen molar-refractivity contribution in [3.05, 3.63) is 49.6 Å². The summed E-state index contributed by atoms with van der Waals surface area (Å²) in [5, 5.41) is 10.4. The van der Waals surface area contributed by atoms with Gasteiger partial charge in [0.05, 0.1) is 31.0 Å². The first-order valence-corrected chi connectivity index (χ1v) is 9.56. The third-order valence-corrected chi connectivity index (χ3v) is 6.11. The second-order valence-electron chi connectivity index (χ2n) is 6.73. The fourth-order valence-electron chi connectivity index (χ4n) is 3.60. The van der Waals surface area contributed by atoms with Crippen LogP contribution in [0.25, 0.3) is 0 Å². The van der Waals surface area contributed by atoms with E-state index in [1.807, 2.05) is 0 Å². The smallest absolute Gasteiger partial charge is 0.267 e. The first kappa shape index (κ1) is 16.0. The largest absolute Gasteiger partial charge is 0.377 e. The quantitative estimate of drug-likeness (QED) is 0.923. The van der Waals surface area contributed by atoms with Gasteiger partial charge in [0.25, 0.3) is 5.56 Å². The van der Waals surface area contributed by atoms with Gasteiger partial charge in [-0.05, 0) is 55.2 Å². The minimum absolute atomic E-state index is 0.00486. The SMILES string of the molecule is Cc1ccsc1CNC1COCC1n1nc2c(cc1=O)CCCC2. The summed E-state index contributed by atoms with van der Waals surface area (Å²) in [4.78, 5) is 13.9. The van der Waals surface area contributed by atoms with E-state index in [2.05, 4.69) is 23.7 Å². The number of aromatic nitrogens is 2. The van der Waals surface area contributed by atoms with Crippen LogP contribution in [0.15, 0.2) is 22.3 Å². The molecule has 1 aliphatic carbocycles. The maximum absolute atomic E-state index is 12.5. The molecule has 2 atom stereocenters. The summed E-state index contributed by atoms with van der Waals surface area (Å²) in [6.45, 7) is 4.12. The molecular weight excluding hydrogens is 322 g/mol. The van der Waals surface area contributed by atoms with Gasteiger partial charge in [-0.15, -0.1) is 11.3 Å². The van der Waals surface area contributed by atoms with Gasteiger partial charge in [-0.25, -0.2) is 4.68 Å². The van der Waals surface area contributed by atoms with Crippen LogP contribution in [-0.2, 0) is 24.1 Å². The molecule has 24 heavy (non-hydrogen) atoms. The number of nitrogens with one attached hydrogen (secondary N) is 1. The third kappa shape index (κ3) is 3.06. The van der Waals surface area contributed by atoms with E-state index in [-0.39, 0.29) is 17.6 Å². The Balaban J connectivity index is 1.54. The van der Waals surface area contributed by atoms with Crippen molar-refractivity contribution in [1.82, 2.24) is 15.1 Å². The van der Waals surface area contributed by atoms with Crippen molar-refractivity contribution in [3.63, 3.8) is 0 Å². The summed E-state index contributed by atoms with van der Waals surface area (Å²) in [7, 11) is 0. The van der Waals surface area contributed by atoms with Gasteiger partial charge in [0.2, 0.25) is 0 Å². The van der Waals surface area contributed by atoms with Crippen LogP contribution in [-0.4, -0.2) is 29.0 Å². The molecule has 0 spiro atoms. The monoisotopic (exact) mass is 345 g/mol. The van der Waals surface area contributed by atoms with Crippen LogP contribution >= 0.6 is 11.3 Å². The lowest BCUT2D eigenvalue weighted by molar-refractivity contribution is 0.180. The standard InChI is InChI=1S/C18H23N3O2S/c1-12-6-7-24-17(12)9-19-15-10-23-11-16(15)21-18(22)8-13-4-2-3-5-14(13)20-21/h6-8,15-16,19H,2-5,9-11H2,1H3. The molecule has 1 saturated heterocycles. The Labute approximate surface area is 145 Å². The van der Waals surface area contributed by atoms with E-state index in [0.29, 0.717) is 13.2 Å². The normalized spacial score (nSPS) is 23.4. The number of aryl methyl sites for hydroxylation is 3. The number of ether oxygens (including phenoxy) is 1. The topological polar surface area (TPSA) is 56.1 Å². The number of fused-ring (bicyclic) bond motifs is 1. The summed E-state index contributed by atoms with van der Waals surface area (Å²) < 4.78 is 7.33. The van der Waals surface area contributed by atoms with E-state index >= 15 is 0 Å². The van der Waals surface area contributed by atoms with Crippen LogP contribution in [0.4, 0.5) is 0 Å². The Morgan fingerprint density at radius 1 is 1.38 bits per heavy atom. The maximum atomic E-state index is 12.5. The highest BCUT2D eigenvalue weighted by Crippen LogP contribution is 2.22. The first-order valence-electron chi connectivity index (χ1n) is 8.68. The van der Waals surface area contributed by atoms with Crippen molar-refractivity contribution in [2.24, 2.45) is 0 Å². The molecule has 3 heterocycles. The zero-order valence-electron chi connectivity index (χ0n) is 14.0. The molecule has 0 aromatic carbocycles. The third-order valence-electron chi connectivity index (χ3n) is 5.09. The van der Waals surface area contributed by atoms with Crippen molar-refractivity contribution >= 4 is 11.3 Å². The lowest BCUT2D eigenvalue weighted by Gasteiger charge is -2.23. The van der Waals surface area contributed by atoms with E-state index in [0.717, 1.165) is 37.1 Å². The molecule has 1 N–H and O–H groups in total. The summed E-state index contributed by atoms with van der Waals surface area (Å²) in [6.07, 6.45) is 4.29. The van der Waals surface area contributed by atoms with Gasteiger partial charge in [0.15, 0.2) is 0 Å².